The molecule has 4 rings (SSSR count). The zero-order chi connectivity index (χ0) is 23.3. The summed E-state index contributed by atoms with van der Waals surface area (Å²) < 4.78 is 68.2. The average molecular weight is 475 g/mol. The molecule has 0 unspecified atom stereocenters. The van der Waals surface area contributed by atoms with E-state index in [2.05, 4.69) is 5.32 Å². The second kappa shape index (κ2) is 7.82. The maximum atomic E-state index is 13.2. The van der Waals surface area contributed by atoms with Gasteiger partial charge in [0.2, 0.25) is 0 Å². The van der Waals surface area contributed by atoms with Crippen molar-refractivity contribution < 1.29 is 35.9 Å². The summed E-state index contributed by atoms with van der Waals surface area (Å²) >= 11 is 0. The summed E-state index contributed by atoms with van der Waals surface area (Å²) in [6.07, 6.45) is -2.67. The predicted octanol–water partition coefficient (Wildman–Crippen LogP) is 2.28. The smallest absolute Gasteiger partial charge is 0.417 e. The van der Waals surface area contributed by atoms with Crippen LogP contribution in [0.25, 0.3) is 0 Å². The molecule has 3 amide bonds. The molecule has 8 nitrogen and oxygen atoms in total. The Morgan fingerprint density at radius 2 is 1.88 bits per heavy atom. The van der Waals surface area contributed by atoms with Gasteiger partial charge in [-0.3, -0.25) is 0 Å². The van der Waals surface area contributed by atoms with Gasteiger partial charge in [0, 0.05) is 19.3 Å². The van der Waals surface area contributed by atoms with Crippen LogP contribution in [0.4, 0.5) is 22.8 Å². The Hall–Kier alpha value is -2.50. The van der Waals surface area contributed by atoms with Gasteiger partial charge < -0.3 is 19.9 Å². The summed E-state index contributed by atoms with van der Waals surface area (Å²) in [5, 5.41) is 2.73. The van der Waals surface area contributed by atoms with Crippen LogP contribution >= 0.6 is 0 Å². The van der Waals surface area contributed by atoms with Crippen molar-refractivity contribution in [3.05, 3.63) is 29.3 Å². The van der Waals surface area contributed by atoms with Crippen LogP contribution in [0.3, 0.4) is 0 Å². The summed E-state index contributed by atoms with van der Waals surface area (Å²) in [6, 6.07) is 3.17. The molecule has 3 saturated heterocycles. The Morgan fingerprint density at radius 3 is 2.41 bits per heavy atom. The molecule has 0 aliphatic carbocycles. The lowest BCUT2D eigenvalue weighted by Crippen LogP contribution is -2.71. The van der Waals surface area contributed by atoms with E-state index < -0.39 is 38.1 Å². The Labute approximate surface area is 183 Å². The highest BCUT2D eigenvalue weighted by Gasteiger charge is 2.52. The third kappa shape index (κ3) is 4.50. The Kier molecular flexibility index (Phi) is 5.54. The van der Waals surface area contributed by atoms with E-state index >= 15 is 0 Å². The highest BCUT2D eigenvalue weighted by molar-refractivity contribution is 7.90. The van der Waals surface area contributed by atoms with Gasteiger partial charge in [0.05, 0.1) is 23.5 Å². The van der Waals surface area contributed by atoms with Crippen molar-refractivity contribution in [3.8, 4) is 0 Å². The van der Waals surface area contributed by atoms with Crippen molar-refractivity contribution in [2.24, 2.45) is 5.92 Å². The van der Waals surface area contributed by atoms with Crippen molar-refractivity contribution in [2.75, 3.05) is 39.0 Å². The molecule has 0 bridgehead atoms. The molecule has 1 spiro atoms. The SMILES string of the molecule is CS(=O)(=O)c1cc(CC2CCN(C(=O)N3CC4(COC(=O)N4)C3)CC2)ccc1C(F)(F)F. The quantitative estimate of drug-likeness (QED) is 0.724. The van der Waals surface area contributed by atoms with Crippen molar-refractivity contribution >= 4 is 22.0 Å². The number of halogens is 3. The number of cyclic esters (lactones) is 1. The molecule has 3 heterocycles. The number of carbonyl (C=O) groups is 2. The van der Waals surface area contributed by atoms with E-state index in [1.165, 1.54) is 6.07 Å². The summed E-state index contributed by atoms with van der Waals surface area (Å²) in [6.45, 7) is 2.07. The number of carbonyl (C=O) groups excluding carboxylic acids is 2. The minimum Gasteiger partial charge on any atom is -0.447 e. The summed E-state index contributed by atoms with van der Waals surface area (Å²) in [4.78, 5) is 26.6. The molecule has 1 aromatic carbocycles. The summed E-state index contributed by atoms with van der Waals surface area (Å²) in [5.74, 6) is 0.133. The number of alkyl halides is 3. The van der Waals surface area contributed by atoms with E-state index in [4.69, 9.17) is 4.74 Å². The number of nitrogens with one attached hydrogen (secondary N) is 1. The molecule has 1 N–H and O–H groups in total. The number of hydrogen-bond acceptors (Lipinski definition) is 5. The van der Waals surface area contributed by atoms with E-state index in [-0.39, 0.29) is 18.6 Å². The molecule has 1 aromatic rings. The average Bonchev–Trinajstić information content (AvgIpc) is 3.07. The minimum absolute atomic E-state index is 0.107. The molecule has 12 heteroatoms. The second-order valence-corrected chi connectivity index (χ2v) is 10.8. The highest BCUT2D eigenvalue weighted by Crippen LogP contribution is 2.35. The fourth-order valence-electron chi connectivity index (χ4n) is 4.58. The molecule has 0 radical (unpaired) electrons. The molecule has 3 aliphatic heterocycles. The molecule has 32 heavy (non-hydrogen) atoms. The van der Waals surface area contributed by atoms with Gasteiger partial charge in [-0.2, -0.15) is 13.2 Å². The number of sulfone groups is 1. The first-order chi connectivity index (χ1) is 14.9. The molecular weight excluding hydrogens is 451 g/mol. The van der Waals surface area contributed by atoms with E-state index in [0.29, 0.717) is 51.0 Å². The van der Waals surface area contributed by atoms with Crippen LogP contribution in [0.2, 0.25) is 0 Å². The van der Waals surface area contributed by atoms with E-state index in [9.17, 15) is 31.2 Å². The Morgan fingerprint density at radius 1 is 1.22 bits per heavy atom. The number of nitrogens with zero attached hydrogens (tertiary/aromatic N) is 2. The number of piperidine rings is 1. The van der Waals surface area contributed by atoms with Gasteiger partial charge in [-0.25, -0.2) is 18.0 Å². The van der Waals surface area contributed by atoms with Crippen LogP contribution < -0.4 is 5.32 Å². The molecule has 3 aliphatic rings. The number of amides is 3. The third-order valence-corrected chi connectivity index (χ3v) is 7.40. The second-order valence-electron chi connectivity index (χ2n) is 8.86. The van der Waals surface area contributed by atoms with Crippen LogP contribution in [0, 0.1) is 5.92 Å². The van der Waals surface area contributed by atoms with Crippen molar-refractivity contribution in [1.82, 2.24) is 15.1 Å². The van der Waals surface area contributed by atoms with Gasteiger partial charge in [-0.15, -0.1) is 0 Å². The maximum absolute atomic E-state index is 13.2. The van der Waals surface area contributed by atoms with Crippen LogP contribution in [-0.4, -0.2) is 74.9 Å². The third-order valence-electron chi connectivity index (χ3n) is 6.26. The lowest BCUT2D eigenvalue weighted by Gasteiger charge is -2.48. The largest absolute Gasteiger partial charge is 0.447 e. The minimum atomic E-state index is -4.74. The van der Waals surface area contributed by atoms with Gasteiger partial charge in [0.25, 0.3) is 0 Å². The number of hydrogen-bond donors (Lipinski definition) is 1. The molecule has 0 atom stereocenters. The number of ether oxygens (including phenoxy) is 1. The number of benzene rings is 1. The summed E-state index contributed by atoms with van der Waals surface area (Å²) in [5.41, 5.74) is -1.10. The first-order valence-corrected chi connectivity index (χ1v) is 12.1. The number of rotatable bonds is 3. The Balaban J connectivity index is 1.33. The predicted molar refractivity (Wildman–Crippen MR) is 107 cm³/mol. The Bertz CT molecular complexity index is 1030. The number of alkyl carbamates (subject to hydrolysis) is 1. The molecule has 0 aromatic heterocycles. The van der Waals surface area contributed by atoms with Crippen LogP contribution in [0.5, 0.6) is 0 Å². The first-order valence-electron chi connectivity index (χ1n) is 10.3. The van der Waals surface area contributed by atoms with E-state index in [0.717, 1.165) is 18.4 Å². The zero-order valence-electron chi connectivity index (χ0n) is 17.4. The lowest BCUT2D eigenvalue weighted by molar-refractivity contribution is -0.139. The van der Waals surface area contributed by atoms with Gasteiger partial charge in [-0.05, 0) is 42.9 Å². The summed E-state index contributed by atoms with van der Waals surface area (Å²) in [7, 11) is -4.03. The standard InChI is InChI=1S/C20H24F3N3O5S/c1-32(29,30)16-9-14(2-3-15(16)20(21,22)23)8-13-4-6-25(7-5-13)18(28)26-10-19(11-26)12-31-17(27)24-19/h2-3,9,13H,4-8,10-12H2,1H3,(H,24,27). The monoisotopic (exact) mass is 475 g/mol. The normalized spacial score (nSPS) is 21.3. The number of urea groups is 1. The van der Waals surface area contributed by atoms with Gasteiger partial charge in [0.1, 0.15) is 12.1 Å². The molecular formula is C20H24F3N3O5S. The number of likely N-dealkylation sites (tertiary alicyclic amines) is 2. The van der Waals surface area contributed by atoms with Gasteiger partial charge in [-0.1, -0.05) is 6.07 Å². The molecule has 0 saturated carbocycles. The van der Waals surface area contributed by atoms with Gasteiger partial charge >= 0.3 is 18.3 Å². The van der Waals surface area contributed by atoms with Crippen molar-refractivity contribution in [3.63, 3.8) is 0 Å². The fourth-order valence-corrected chi connectivity index (χ4v) is 5.53. The highest BCUT2D eigenvalue weighted by atomic mass is 32.2. The van der Waals surface area contributed by atoms with Crippen LogP contribution in [0.15, 0.2) is 23.1 Å². The topological polar surface area (TPSA) is 96.0 Å². The zero-order valence-corrected chi connectivity index (χ0v) is 18.3. The van der Waals surface area contributed by atoms with Gasteiger partial charge in [0.15, 0.2) is 9.84 Å². The van der Waals surface area contributed by atoms with Crippen molar-refractivity contribution in [2.45, 2.75) is 35.9 Å². The fraction of sp³-hybridized carbons (Fsp3) is 0.600. The van der Waals surface area contributed by atoms with E-state index in [1.807, 2.05) is 0 Å². The molecule has 176 valence electrons. The molecule has 3 fully saturated rings. The maximum Gasteiger partial charge on any atom is 0.417 e. The van der Waals surface area contributed by atoms with Crippen LogP contribution in [0.1, 0.15) is 24.0 Å². The lowest BCUT2D eigenvalue weighted by atomic mass is 9.89. The van der Waals surface area contributed by atoms with Crippen LogP contribution in [-0.2, 0) is 27.2 Å². The first kappa shape index (κ1) is 22.7. The van der Waals surface area contributed by atoms with Crippen molar-refractivity contribution in [1.29, 1.82) is 0 Å². The van der Waals surface area contributed by atoms with E-state index in [1.54, 1.807) is 9.80 Å².